The number of piperidine rings is 1. The van der Waals surface area contributed by atoms with Crippen LogP contribution < -0.4 is 4.90 Å². The van der Waals surface area contributed by atoms with E-state index in [9.17, 15) is 14.4 Å². The topological polar surface area (TPSA) is 54.5 Å². The van der Waals surface area contributed by atoms with E-state index in [2.05, 4.69) is 0 Å². The first-order chi connectivity index (χ1) is 8.65. The van der Waals surface area contributed by atoms with Gasteiger partial charge in [0.1, 0.15) is 5.78 Å². The normalized spacial score (nSPS) is 20.1. The molecule has 0 bridgehead atoms. The molecule has 1 amide bonds. The summed E-state index contributed by atoms with van der Waals surface area (Å²) in [5.41, 5.74) is 0.707. The van der Waals surface area contributed by atoms with Gasteiger partial charge >= 0.3 is 0 Å². The van der Waals surface area contributed by atoms with Gasteiger partial charge in [0.2, 0.25) is 5.78 Å². The Hall–Kier alpha value is -1.97. The van der Waals surface area contributed by atoms with Crippen LogP contribution in [0.3, 0.4) is 0 Å². The van der Waals surface area contributed by atoms with E-state index in [-0.39, 0.29) is 5.78 Å². The summed E-state index contributed by atoms with van der Waals surface area (Å²) in [6, 6.07) is 9.05. The smallest absolute Gasteiger partial charge is 0.295 e. The summed E-state index contributed by atoms with van der Waals surface area (Å²) in [6.45, 7) is 2.13. The second kappa shape index (κ2) is 5.12. The molecule has 1 heterocycles. The molecule has 1 fully saturated rings. The first-order valence-electron chi connectivity index (χ1n) is 6.08. The van der Waals surface area contributed by atoms with Crippen molar-refractivity contribution in [1.29, 1.82) is 0 Å². The molecule has 94 valence electrons. The monoisotopic (exact) mass is 245 g/mol. The largest absolute Gasteiger partial charge is 0.306 e. The number of amides is 1. The molecular formula is C14H15NO3. The molecule has 1 aliphatic rings. The molecule has 0 aliphatic carbocycles. The van der Waals surface area contributed by atoms with E-state index in [0.717, 1.165) is 0 Å². The lowest BCUT2D eigenvalue weighted by Gasteiger charge is -2.29. The molecule has 1 aromatic rings. The van der Waals surface area contributed by atoms with Gasteiger partial charge in [-0.1, -0.05) is 25.1 Å². The number of ketones is 2. The number of hydrogen-bond acceptors (Lipinski definition) is 3. The van der Waals surface area contributed by atoms with E-state index >= 15 is 0 Å². The van der Waals surface area contributed by atoms with E-state index in [4.69, 9.17) is 0 Å². The second-order valence-corrected chi connectivity index (χ2v) is 4.32. The number of rotatable bonds is 3. The zero-order valence-electron chi connectivity index (χ0n) is 10.3. The molecule has 0 radical (unpaired) electrons. The Kier molecular flexibility index (Phi) is 3.55. The molecule has 1 saturated heterocycles. The minimum atomic E-state index is -0.734. The van der Waals surface area contributed by atoms with E-state index < -0.39 is 17.6 Å². The molecule has 0 N–H and O–H groups in total. The Balaban J connectivity index is 2.19. The van der Waals surface area contributed by atoms with Gasteiger partial charge < -0.3 is 4.90 Å². The van der Waals surface area contributed by atoms with E-state index in [0.29, 0.717) is 25.1 Å². The minimum Gasteiger partial charge on any atom is -0.306 e. The third-order valence-electron chi connectivity index (χ3n) is 3.22. The highest BCUT2D eigenvalue weighted by atomic mass is 16.2. The number of Topliss-reactive ketones (excluding diaryl/α,β-unsaturated/α-hetero) is 2. The van der Waals surface area contributed by atoms with Gasteiger partial charge in [0, 0.05) is 18.7 Å². The molecular weight excluding hydrogens is 230 g/mol. The van der Waals surface area contributed by atoms with E-state index in [1.165, 1.54) is 4.90 Å². The summed E-state index contributed by atoms with van der Waals surface area (Å²) >= 11 is 0. The van der Waals surface area contributed by atoms with Crippen LogP contribution in [0.2, 0.25) is 0 Å². The Bertz CT molecular complexity index is 481. The SMILES string of the molecule is CCC(=O)C1CCN(c2ccccc2)C(=O)C1=O. The molecule has 0 aromatic heterocycles. The van der Waals surface area contributed by atoms with Crippen molar-refractivity contribution in [3.05, 3.63) is 30.3 Å². The maximum absolute atomic E-state index is 12.0. The van der Waals surface area contributed by atoms with Crippen LogP contribution in [0.4, 0.5) is 5.69 Å². The number of nitrogens with zero attached hydrogens (tertiary/aromatic N) is 1. The Morgan fingerprint density at radius 2 is 1.94 bits per heavy atom. The molecule has 4 nitrogen and oxygen atoms in total. The summed E-state index contributed by atoms with van der Waals surface area (Å²) in [6.07, 6.45) is 0.723. The molecule has 4 heteroatoms. The van der Waals surface area contributed by atoms with Gasteiger partial charge in [-0.15, -0.1) is 0 Å². The maximum atomic E-state index is 12.0. The highest BCUT2D eigenvalue weighted by molar-refractivity contribution is 6.45. The fourth-order valence-electron chi connectivity index (χ4n) is 2.18. The Morgan fingerprint density at radius 1 is 1.28 bits per heavy atom. The van der Waals surface area contributed by atoms with Crippen LogP contribution in [0.15, 0.2) is 30.3 Å². The molecule has 2 rings (SSSR count). The lowest BCUT2D eigenvalue weighted by Crippen LogP contribution is -2.48. The van der Waals surface area contributed by atoms with Crippen LogP contribution in [0.25, 0.3) is 0 Å². The molecule has 1 atom stereocenters. The first-order valence-corrected chi connectivity index (χ1v) is 6.08. The number of carbonyl (C=O) groups is 3. The van der Waals surface area contributed by atoms with Crippen molar-refractivity contribution in [2.45, 2.75) is 19.8 Å². The van der Waals surface area contributed by atoms with Crippen LogP contribution in [-0.2, 0) is 14.4 Å². The van der Waals surface area contributed by atoms with Crippen LogP contribution in [0.1, 0.15) is 19.8 Å². The number of anilines is 1. The number of carbonyl (C=O) groups excluding carboxylic acids is 3. The van der Waals surface area contributed by atoms with Crippen LogP contribution in [0.5, 0.6) is 0 Å². The van der Waals surface area contributed by atoms with Crippen molar-refractivity contribution in [1.82, 2.24) is 0 Å². The van der Waals surface area contributed by atoms with Crippen LogP contribution in [-0.4, -0.2) is 24.0 Å². The Labute approximate surface area is 106 Å². The fraction of sp³-hybridized carbons (Fsp3) is 0.357. The summed E-state index contributed by atoms with van der Waals surface area (Å²) in [5.74, 6) is -2.01. The third-order valence-corrected chi connectivity index (χ3v) is 3.22. The summed E-state index contributed by atoms with van der Waals surface area (Å²) in [4.78, 5) is 36.9. The summed E-state index contributed by atoms with van der Waals surface area (Å²) in [5, 5.41) is 0. The van der Waals surface area contributed by atoms with Gasteiger partial charge in [-0.2, -0.15) is 0 Å². The van der Waals surface area contributed by atoms with E-state index in [1.807, 2.05) is 18.2 Å². The lowest BCUT2D eigenvalue weighted by molar-refractivity contribution is -0.144. The predicted molar refractivity (Wildman–Crippen MR) is 67.2 cm³/mol. The quantitative estimate of drug-likeness (QED) is 0.600. The van der Waals surface area contributed by atoms with Crippen molar-refractivity contribution in [2.24, 2.45) is 5.92 Å². The van der Waals surface area contributed by atoms with Gasteiger partial charge in [0.15, 0.2) is 0 Å². The lowest BCUT2D eigenvalue weighted by atomic mass is 9.89. The van der Waals surface area contributed by atoms with Crippen molar-refractivity contribution in [2.75, 3.05) is 11.4 Å². The Morgan fingerprint density at radius 3 is 2.56 bits per heavy atom. The molecule has 0 saturated carbocycles. The number of benzene rings is 1. The van der Waals surface area contributed by atoms with Gasteiger partial charge in [-0.3, -0.25) is 14.4 Å². The summed E-state index contributed by atoms with van der Waals surface area (Å²) in [7, 11) is 0. The molecule has 1 aromatic carbocycles. The highest BCUT2D eigenvalue weighted by Gasteiger charge is 2.38. The van der Waals surface area contributed by atoms with Crippen molar-refractivity contribution >= 4 is 23.2 Å². The van der Waals surface area contributed by atoms with Gasteiger partial charge in [-0.25, -0.2) is 0 Å². The average molecular weight is 245 g/mol. The molecule has 1 aliphatic heterocycles. The zero-order chi connectivity index (χ0) is 13.1. The third kappa shape index (κ3) is 2.18. The fourth-order valence-corrected chi connectivity index (χ4v) is 2.18. The predicted octanol–water partition coefficient (Wildman–Crippen LogP) is 1.59. The maximum Gasteiger partial charge on any atom is 0.295 e. The van der Waals surface area contributed by atoms with Crippen LogP contribution in [0, 0.1) is 5.92 Å². The van der Waals surface area contributed by atoms with Gasteiger partial charge in [0.05, 0.1) is 5.92 Å². The van der Waals surface area contributed by atoms with Crippen LogP contribution >= 0.6 is 0 Å². The molecule has 0 spiro atoms. The first kappa shape index (κ1) is 12.5. The zero-order valence-corrected chi connectivity index (χ0v) is 10.3. The molecule has 18 heavy (non-hydrogen) atoms. The van der Waals surface area contributed by atoms with Gasteiger partial charge in [-0.05, 0) is 18.6 Å². The van der Waals surface area contributed by atoms with E-state index in [1.54, 1.807) is 19.1 Å². The van der Waals surface area contributed by atoms with Crippen molar-refractivity contribution in [3.63, 3.8) is 0 Å². The highest BCUT2D eigenvalue weighted by Crippen LogP contribution is 2.23. The number of hydrogen-bond donors (Lipinski definition) is 0. The summed E-state index contributed by atoms with van der Waals surface area (Å²) < 4.78 is 0. The van der Waals surface area contributed by atoms with Crippen molar-refractivity contribution in [3.8, 4) is 0 Å². The standard InChI is InChI=1S/C14H15NO3/c1-2-12(16)11-8-9-15(14(18)13(11)17)10-6-4-3-5-7-10/h3-7,11H,2,8-9H2,1H3. The number of para-hydroxylation sites is 1. The molecule has 1 unspecified atom stereocenters. The second-order valence-electron chi connectivity index (χ2n) is 4.32. The minimum absolute atomic E-state index is 0.138. The van der Waals surface area contributed by atoms with Crippen molar-refractivity contribution < 1.29 is 14.4 Å². The average Bonchev–Trinajstić information content (AvgIpc) is 2.42. The van der Waals surface area contributed by atoms with Gasteiger partial charge in [0.25, 0.3) is 5.91 Å².